The van der Waals surface area contributed by atoms with E-state index in [1.165, 1.54) is 11.6 Å². The molecule has 0 unspecified atom stereocenters. The van der Waals surface area contributed by atoms with E-state index in [-0.39, 0.29) is 47.0 Å². The topological polar surface area (TPSA) is 104 Å². The van der Waals surface area contributed by atoms with Gasteiger partial charge >= 0.3 is 5.51 Å². The van der Waals surface area contributed by atoms with E-state index in [1.54, 1.807) is 25.2 Å². The zero-order chi connectivity index (χ0) is 28.5. The lowest BCUT2D eigenvalue weighted by molar-refractivity contribution is -0.126. The Morgan fingerprint density at radius 3 is 2.30 bits per heavy atom. The summed E-state index contributed by atoms with van der Waals surface area (Å²) in [5.74, 6) is 1.32. The molecule has 1 fully saturated rings. The molecule has 3 aromatic rings. The number of halogens is 3. The summed E-state index contributed by atoms with van der Waals surface area (Å²) in [4.78, 5) is 26.3. The molecule has 4 rings (SSSR count). The molecular formula is C28H34F3N7OS. The highest BCUT2D eigenvalue weighted by molar-refractivity contribution is 8.00. The first kappa shape index (κ1) is 29.4. The van der Waals surface area contributed by atoms with Gasteiger partial charge in [-0.1, -0.05) is 55.5 Å². The maximum absolute atomic E-state index is 12.9. The number of alkyl halides is 3. The number of anilines is 3. The molecule has 12 heteroatoms. The first-order valence-corrected chi connectivity index (χ1v) is 14.1. The number of amides is 1. The maximum atomic E-state index is 12.9. The minimum Gasteiger partial charge on any atom is -0.357 e. The monoisotopic (exact) mass is 573 g/mol. The van der Waals surface area contributed by atoms with Crippen molar-refractivity contribution in [3.63, 3.8) is 0 Å². The lowest BCUT2D eigenvalue weighted by atomic mass is 9.85. The lowest BCUT2D eigenvalue weighted by Gasteiger charge is -2.28. The van der Waals surface area contributed by atoms with E-state index in [0.29, 0.717) is 42.8 Å². The van der Waals surface area contributed by atoms with Crippen molar-refractivity contribution >= 4 is 35.5 Å². The quantitative estimate of drug-likeness (QED) is 0.206. The summed E-state index contributed by atoms with van der Waals surface area (Å²) in [6.45, 7) is 2.86. The zero-order valence-electron chi connectivity index (χ0n) is 22.5. The van der Waals surface area contributed by atoms with E-state index >= 15 is 0 Å². The number of aromatic nitrogens is 3. The van der Waals surface area contributed by atoms with Gasteiger partial charge in [-0.25, -0.2) is 0 Å². The van der Waals surface area contributed by atoms with Crippen LogP contribution in [0.5, 0.6) is 0 Å². The molecule has 0 radical (unpaired) electrons. The van der Waals surface area contributed by atoms with E-state index in [1.807, 2.05) is 18.2 Å². The van der Waals surface area contributed by atoms with Gasteiger partial charge in [-0.3, -0.25) is 4.79 Å². The molecule has 1 aliphatic carbocycles. The Labute approximate surface area is 236 Å². The van der Waals surface area contributed by atoms with Crippen LogP contribution in [-0.4, -0.2) is 46.0 Å². The number of carbonyl (C=O) groups is 1. The third-order valence-electron chi connectivity index (χ3n) is 6.88. The van der Waals surface area contributed by atoms with Gasteiger partial charge in [-0.15, -0.1) is 0 Å². The van der Waals surface area contributed by atoms with Gasteiger partial charge in [0.25, 0.3) is 0 Å². The number of hydrogen-bond donors (Lipinski definition) is 4. The van der Waals surface area contributed by atoms with Crippen molar-refractivity contribution in [1.29, 1.82) is 0 Å². The number of nitrogens with one attached hydrogen (secondary N) is 4. The van der Waals surface area contributed by atoms with Crippen LogP contribution in [-0.2, 0) is 11.3 Å². The van der Waals surface area contributed by atoms with Crippen LogP contribution in [0, 0.1) is 5.92 Å². The van der Waals surface area contributed by atoms with E-state index < -0.39 is 5.51 Å². The maximum Gasteiger partial charge on any atom is 0.446 e. The predicted octanol–water partition coefficient (Wildman–Crippen LogP) is 6.03. The fourth-order valence-electron chi connectivity index (χ4n) is 4.66. The van der Waals surface area contributed by atoms with E-state index in [9.17, 15) is 18.0 Å². The Kier molecular flexibility index (Phi) is 10.1. The van der Waals surface area contributed by atoms with E-state index in [0.717, 1.165) is 12.8 Å². The molecular weight excluding hydrogens is 539 g/mol. The molecule has 4 N–H and O–H groups in total. The van der Waals surface area contributed by atoms with Gasteiger partial charge in [-0.2, -0.15) is 28.1 Å². The van der Waals surface area contributed by atoms with Crippen molar-refractivity contribution < 1.29 is 18.0 Å². The molecule has 2 aromatic carbocycles. The summed E-state index contributed by atoms with van der Waals surface area (Å²) in [7, 11) is 1.75. The normalized spacial score (nSPS) is 18.0. The van der Waals surface area contributed by atoms with Crippen molar-refractivity contribution in [2.75, 3.05) is 29.5 Å². The standard InChI is InChI=1S/C28H34F3N7OS/c1-18(19-8-4-3-5-9-19)16-34-26-36-25(32-2)37-27(38-26)35-22-14-12-20(13-15-22)24(39)33-17-21-10-6-7-11-23(21)40-28(29,30)31/h3-11,18,20,22H,12-17H2,1-2H3,(H,33,39)(H3,32,34,35,36,37,38)/t18-,20?,22?/m0/s1. The average molecular weight is 574 g/mol. The number of rotatable bonds is 11. The summed E-state index contributed by atoms with van der Waals surface area (Å²) in [6, 6.07) is 16.6. The molecule has 1 amide bonds. The Hall–Kier alpha value is -3.54. The smallest absolute Gasteiger partial charge is 0.357 e. The fraction of sp³-hybridized carbons (Fsp3) is 0.429. The first-order valence-electron chi connectivity index (χ1n) is 13.3. The molecule has 0 spiro atoms. The third kappa shape index (κ3) is 8.73. The van der Waals surface area contributed by atoms with Crippen molar-refractivity contribution in [2.45, 2.75) is 61.5 Å². The molecule has 1 heterocycles. The van der Waals surface area contributed by atoms with Crippen LogP contribution in [0.15, 0.2) is 59.5 Å². The van der Waals surface area contributed by atoms with Gasteiger partial charge in [0.15, 0.2) is 0 Å². The Morgan fingerprint density at radius 2 is 1.60 bits per heavy atom. The summed E-state index contributed by atoms with van der Waals surface area (Å²) in [5.41, 5.74) is -2.71. The summed E-state index contributed by atoms with van der Waals surface area (Å²) >= 11 is -0.162. The first-order chi connectivity index (χ1) is 19.2. The molecule has 0 saturated heterocycles. The summed E-state index contributed by atoms with van der Waals surface area (Å²) < 4.78 is 38.6. The predicted molar refractivity (Wildman–Crippen MR) is 152 cm³/mol. The van der Waals surface area contributed by atoms with Crippen LogP contribution >= 0.6 is 11.8 Å². The second-order valence-corrected chi connectivity index (χ2v) is 10.9. The largest absolute Gasteiger partial charge is 0.446 e. The lowest BCUT2D eigenvalue weighted by Crippen LogP contribution is -2.36. The van der Waals surface area contributed by atoms with Crippen LogP contribution in [0.3, 0.4) is 0 Å². The van der Waals surface area contributed by atoms with Gasteiger partial charge in [0.05, 0.1) is 0 Å². The molecule has 1 atom stereocenters. The van der Waals surface area contributed by atoms with Gasteiger partial charge in [0.2, 0.25) is 23.8 Å². The molecule has 1 aromatic heterocycles. The van der Waals surface area contributed by atoms with Gasteiger partial charge in [-0.05, 0) is 60.6 Å². The minimum absolute atomic E-state index is 0.0621. The van der Waals surface area contributed by atoms with Crippen molar-refractivity contribution in [1.82, 2.24) is 20.3 Å². The molecule has 8 nitrogen and oxygen atoms in total. The molecule has 1 saturated carbocycles. The van der Waals surface area contributed by atoms with Gasteiger partial charge in [0, 0.05) is 37.0 Å². The fourth-order valence-corrected chi connectivity index (χ4v) is 5.33. The highest BCUT2D eigenvalue weighted by Crippen LogP contribution is 2.38. The van der Waals surface area contributed by atoms with Crippen molar-refractivity contribution in [3.05, 3.63) is 65.7 Å². The van der Waals surface area contributed by atoms with Gasteiger partial charge in [0.1, 0.15) is 0 Å². The zero-order valence-corrected chi connectivity index (χ0v) is 23.3. The number of nitrogens with zero attached hydrogens (tertiary/aromatic N) is 3. The van der Waals surface area contributed by atoms with Crippen LogP contribution in [0.2, 0.25) is 0 Å². The number of benzene rings is 2. The van der Waals surface area contributed by atoms with Crippen LogP contribution in [0.25, 0.3) is 0 Å². The molecule has 1 aliphatic rings. The Morgan fingerprint density at radius 1 is 0.950 bits per heavy atom. The number of hydrogen-bond acceptors (Lipinski definition) is 8. The number of carbonyl (C=O) groups excluding carboxylic acids is 1. The minimum atomic E-state index is -4.38. The van der Waals surface area contributed by atoms with E-state index in [2.05, 4.69) is 55.3 Å². The molecule has 0 aliphatic heterocycles. The van der Waals surface area contributed by atoms with Gasteiger partial charge < -0.3 is 21.3 Å². The molecule has 40 heavy (non-hydrogen) atoms. The van der Waals surface area contributed by atoms with Crippen molar-refractivity contribution in [3.8, 4) is 0 Å². The van der Waals surface area contributed by atoms with Crippen LogP contribution in [0.4, 0.5) is 31.0 Å². The number of thioether (sulfide) groups is 1. The van der Waals surface area contributed by atoms with Crippen LogP contribution < -0.4 is 21.3 Å². The second kappa shape index (κ2) is 13.7. The van der Waals surface area contributed by atoms with E-state index in [4.69, 9.17) is 0 Å². The molecule has 0 bridgehead atoms. The summed E-state index contributed by atoms with van der Waals surface area (Å²) in [6.07, 6.45) is 2.80. The SMILES string of the molecule is CNc1nc(NC[C@H](C)c2ccccc2)nc(NC2CCC(C(=O)NCc3ccccc3SC(F)(F)F)CC2)n1. The highest BCUT2D eigenvalue weighted by Gasteiger charge is 2.31. The average Bonchev–Trinajstić information content (AvgIpc) is 2.95. The molecule has 214 valence electrons. The summed E-state index contributed by atoms with van der Waals surface area (Å²) in [5, 5.41) is 12.5. The van der Waals surface area contributed by atoms with Crippen LogP contribution in [0.1, 0.15) is 49.7 Å². The van der Waals surface area contributed by atoms with Crippen molar-refractivity contribution in [2.24, 2.45) is 5.92 Å². The second-order valence-electron chi connectivity index (χ2n) is 9.82. The highest BCUT2D eigenvalue weighted by atomic mass is 32.2. The third-order valence-corrected chi connectivity index (χ3v) is 7.73. The Bertz CT molecular complexity index is 1250. The Balaban J connectivity index is 1.27.